The molecule has 1 aromatic heterocycles. The molecule has 1 rings (SSSR count). The highest BCUT2D eigenvalue weighted by atomic mass is 28.4. The van der Waals surface area contributed by atoms with E-state index < -0.39 is 14.4 Å². The monoisotopic (exact) mass is 421 g/mol. The molecule has 166 valence electrons. The van der Waals surface area contributed by atoms with Crippen molar-refractivity contribution < 1.29 is 13.9 Å². The van der Waals surface area contributed by atoms with Crippen molar-refractivity contribution in [2.75, 3.05) is 6.61 Å². The van der Waals surface area contributed by atoms with Gasteiger partial charge in [0.1, 0.15) is 12.0 Å². The van der Waals surface area contributed by atoms with Gasteiger partial charge in [0.15, 0.2) is 14.2 Å². The van der Waals surface area contributed by atoms with Crippen LogP contribution in [-0.2, 0) is 4.43 Å². The van der Waals surface area contributed by atoms with E-state index >= 15 is 0 Å². The van der Waals surface area contributed by atoms with Gasteiger partial charge in [0.25, 0.3) is 0 Å². The van der Waals surface area contributed by atoms with Crippen molar-refractivity contribution in [2.24, 2.45) is 5.92 Å². The summed E-state index contributed by atoms with van der Waals surface area (Å²) in [5.41, 5.74) is 3.00. The number of rotatable bonds is 11. The molecule has 1 N–H and O–H groups in total. The first-order chi connectivity index (χ1) is 13.3. The molecular weight excluding hydrogens is 378 g/mol. The second kappa shape index (κ2) is 11.3. The number of nitrogens with zero attached hydrogens (tertiary/aromatic N) is 1. The molecule has 5 heteroatoms. The first-order valence-corrected chi connectivity index (χ1v) is 13.8. The minimum absolute atomic E-state index is 0.270. The van der Waals surface area contributed by atoms with Crippen LogP contribution in [0.5, 0.6) is 0 Å². The molecule has 0 saturated carbocycles. The van der Waals surface area contributed by atoms with Gasteiger partial charge in [-0.1, -0.05) is 39.3 Å². The van der Waals surface area contributed by atoms with Gasteiger partial charge in [-0.15, -0.1) is 0 Å². The Kier molecular flexibility index (Phi) is 10.1. The van der Waals surface area contributed by atoms with Gasteiger partial charge in [-0.2, -0.15) is 0 Å². The Morgan fingerprint density at radius 2 is 1.97 bits per heavy atom. The number of aliphatic hydroxyl groups is 1. The number of hydrogen-bond donors (Lipinski definition) is 1. The Bertz CT molecular complexity index is 683. The van der Waals surface area contributed by atoms with E-state index in [-0.39, 0.29) is 5.04 Å². The SMILES string of the molecule is CC(=CC[C@H](O)C(C)=Cc1coc(C)n1)CCC[C@H](C)CO[Si](C)(C)C(C)(C)C. The second-order valence-corrected chi connectivity index (χ2v) is 14.9. The zero-order valence-corrected chi connectivity index (χ0v) is 21.1. The fraction of sp³-hybridized carbons (Fsp3) is 0.708. The summed E-state index contributed by atoms with van der Waals surface area (Å²) in [5, 5.41) is 10.6. The molecule has 0 spiro atoms. The normalized spacial score (nSPS) is 16.2. The van der Waals surface area contributed by atoms with Gasteiger partial charge in [-0.25, -0.2) is 4.98 Å². The van der Waals surface area contributed by atoms with Gasteiger partial charge in [0.2, 0.25) is 0 Å². The van der Waals surface area contributed by atoms with Gasteiger partial charge >= 0.3 is 0 Å². The third-order valence-corrected chi connectivity index (χ3v) is 10.5. The number of aryl methyl sites for hydroxylation is 1. The molecular formula is C24H43NO3Si. The minimum atomic E-state index is -1.65. The largest absolute Gasteiger partial charge is 0.449 e. The fourth-order valence-electron chi connectivity index (χ4n) is 2.76. The van der Waals surface area contributed by atoms with Crippen LogP contribution < -0.4 is 0 Å². The van der Waals surface area contributed by atoms with Gasteiger partial charge in [-0.3, -0.25) is 0 Å². The van der Waals surface area contributed by atoms with Gasteiger partial charge < -0.3 is 13.9 Å². The molecule has 1 heterocycles. The van der Waals surface area contributed by atoms with Crippen LogP contribution in [0, 0.1) is 12.8 Å². The summed E-state index contributed by atoms with van der Waals surface area (Å²) in [6.07, 6.45) is 9.21. The van der Waals surface area contributed by atoms with Gasteiger partial charge in [-0.05, 0) is 75.2 Å². The predicted octanol–water partition coefficient (Wildman–Crippen LogP) is 6.91. The van der Waals surface area contributed by atoms with Crippen LogP contribution in [0.15, 0.2) is 27.9 Å². The molecule has 0 fully saturated rings. The van der Waals surface area contributed by atoms with E-state index in [9.17, 15) is 5.11 Å². The molecule has 0 amide bonds. The Balaban J connectivity index is 2.35. The third kappa shape index (κ3) is 9.45. The summed E-state index contributed by atoms with van der Waals surface area (Å²) in [7, 11) is -1.65. The van der Waals surface area contributed by atoms with Crippen LogP contribution in [0.1, 0.15) is 78.8 Å². The lowest BCUT2D eigenvalue weighted by molar-refractivity contribution is 0.215. The molecule has 0 aliphatic rings. The number of aliphatic hydroxyl groups excluding tert-OH is 1. The average molecular weight is 422 g/mol. The topological polar surface area (TPSA) is 55.5 Å². The highest BCUT2D eigenvalue weighted by molar-refractivity contribution is 6.74. The van der Waals surface area contributed by atoms with Crippen molar-refractivity contribution in [1.82, 2.24) is 4.98 Å². The van der Waals surface area contributed by atoms with Crippen LogP contribution in [0.3, 0.4) is 0 Å². The summed E-state index contributed by atoms with van der Waals surface area (Å²) in [5.74, 6) is 1.22. The summed E-state index contributed by atoms with van der Waals surface area (Å²) >= 11 is 0. The van der Waals surface area contributed by atoms with Crippen LogP contribution in [-0.4, -0.2) is 31.1 Å². The number of oxazole rings is 1. The molecule has 1 aromatic rings. The maximum Gasteiger partial charge on any atom is 0.191 e. The summed E-state index contributed by atoms with van der Waals surface area (Å²) in [6.45, 7) is 20.6. The highest BCUT2D eigenvalue weighted by Crippen LogP contribution is 2.36. The lowest BCUT2D eigenvalue weighted by Crippen LogP contribution is -2.41. The van der Waals surface area contributed by atoms with Crippen LogP contribution in [0.25, 0.3) is 6.08 Å². The maximum absolute atomic E-state index is 10.4. The summed E-state index contributed by atoms with van der Waals surface area (Å²) < 4.78 is 11.5. The smallest absolute Gasteiger partial charge is 0.191 e. The first kappa shape index (κ1) is 25.9. The lowest BCUT2D eigenvalue weighted by atomic mass is 10.0. The summed E-state index contributed by atoms with van der Waals surface area (Å²) in [6, 6.07) is 0. The zero-order chi connectivity index (χ0) is 22.2. The fourth-order valence-corrected chi connectivity index (χ4v) is 3.89. The molecule has 4 nitrogen and oxygen atoms in total. The third-order valence-electron chi connectivity index (χ3n) is 6.03. The van der Waals surface area contributed by atoms with E-state index in [1.807, 2.05) is 19.9 Å². The van der Waals surface area contributed by atoms with Crippen molar-refractivity contribution >= 4 is 14.4 Å². The van der Waals surface area contributed by atoms with E-state index in [4.69, 9.17) is 8.84 Å². The van der Waals surface area contributed by atoms with Crippen LogP contribution >= 0.6 is 0 Å². The molecule has 0 aliphatic heterocycles. The predicted molar refractivity (Wildman–Crippen MR) is 125 cm³/mol. The molecule has 0 radical (unpaired) electrons. The minimum Gasteiger partial charge on any atom is -0.449 e. The van der Waals surface area contributed by atoms with E-state index in [2.05, 4.69) is 58.8 Å². The number of aromatic nitrogens is 1. The second-order valence-electron chi connectivity index (χ2n) is 10.1. The Labute approximate surface area is 179 Å². The van der Waals surface area contributed by atoms with E-state index in [0.29, 0.717) is 18.2 Å². The van der Waals surface area contributed by atoms with Crippen molar-refractivity contribution in [3.05, 3.63) is 35.1 Å². The van der Waals surface area contributed by atoms with Crippen LogP contribution in [0.4, 0.5) is 0 Å². The van der Waals surface area contributed by atoms with E-state index in [1.165, 1.54) is 12.0 Å². The van der Waals surface area contributed by atoms with Gasteiger partial charge in [0.05, 0.1) is 6.10 Å². The molecule has 0 saturated heterocycles. The Morgan fingerprint density at radius 3 is 2.52 bits per heavy atom. The molecule has 29 heavy (non-hydrogen) atoms. The molecule has 0 bridgehead atoms. The average Bonchev–Trinajstić information content (AvgIpc) is 3.01. The Morgan fingerprint density at radius 1 is 1.31 bits per heavy atom. The lowest BCUT2D eigenvalue weighted by Gasteiger charge is -2.37. The van der Waals surface area contributed by atoms with Crippen molar-refractivity contribution in [2.45, 2.75) is 98.4 Å². The molecule has 0 aliphatic carbocycles. The molecule has 0 aromatic carbocycles. The van der Waals surface area contributed by atoms with Crippen molar-refractivity contribution in [3.8, 4) is 0 Å². The van der Waals surface area contributed by atoms with Gasteiger partial charge in [0, 0.05) is 13.5 Å². The molecule has 2 atom stereocenters. The van der Waals surface area contributed by atoms with E-state index in [0.717, 1.165) is 30.7 Å². The number of allylic oxidation sites excluding steroid dienone is 1. The molecule has 0 unspecified atom stereocenters. The quantitative estimate of drug-likeness (QED) is 0.311. The van der Waals surface area contributed by atoms with Crippen molar-refractivity contribution in [3.63, 3.8) is 0 Å². The van der Waals surface area contributed by atoms with Crippen LogP contribution in [0.2, 0.25) is 18.1 Å². The standard InChI is InChI=1S/C24H43NO3Si/c1-18(11-10-12-19(2)16-28-29(8,9)24(5,6)7)13-14-23(26)20(3)15-22-17-27-21(4)25-22/h13,15,17,19,23,26H,10-12,14,16H2,1-9H3/t19-,23-/m0/s1. The number of hydrogen-bond acceptors (Lipinski definition) is 4. The maximum atomic E-state index is 10.4. The zero-order valence-electron chi connectivity index (χ0n) is 20.1. The highest BCUT2D eigenvalue weighted by Gasteiger charge is 2.37. The Hall–Kier alpha value is -1.17. The first-order valence-electron chi connectivity index (χ1n) is 10.9. The van der Waals surface area contributed by atoms with E-state index in [1.54, 1.807) is 6.26 Å². The van der Waals surface area contributed by atoms with Crippen molar-refractivity contribution in [1.29, 1.82) is 0 Å². The summed E-state index contributed by atoms with van der Waals surface area (Å²) in [4.78, 5) is 4.25.